The number of amides is 2. The van der Waals surface area contributed by atoms with E-state index in [0.29, 0.717) is 36.3 Å². The second-order valence-electron chi connectivity index (χ2n) is 9.50. The highest BCUT2D eigenvalue weighted by Gasteiger charge is 2.24. The van der Waals surface area contributed by atoms with E-state index in [0.717, 1.165) is 6.20 Å². The average molecular weight is 557 g/mol. The van der Waals surface area contributed by atoms with Gasteiger partial charge in [-0.2, -0.15) is 0 Å². The molecule has 2 atom stereocenters. The Hall–Kier alpha value is -3.96. The van der Waals surface area contributed by atoms with Crippen molar-refractivity contribution in [2.24, 2.45) is 0 Å². The fourth-order valence-corrected chi connectivity index (χ4v) is 4.54. The van der Waals surface area contributed by atoms with Gasteiger partial charge in [0.05, 0.1) is 36.8 Å². The molecule has 3 aromatic rings. The number of pyridine rings is 1. The lowest BCUT2D eigenvalue weighted by Crippen LogP contribution is -2.49. The van der Waals surface area contributed by atoms with Gasteiger partial charge in [-0.15, -0.1) is 0 Å². The summed E-state index contributed by atoms with van der Waals surface area (Å²) in [6.07, 6.45) is 2.50. The van der Waals surface area contributed by atoms with Crippen LogP contribution in [0.15, 0.2) is 60.9 Å². The van der Waals surface area contributed by atoms with Crippen molar-refractivity contribution < 1.29 is 32.2 Å². The fourth-order valence-electron chi connectivity index (χ4n) is 4.54. The van der Waals surface area contributed by atoms with Crippen molar-refractivity contribution in [3.05, 3.63) is 95.1 Å². The molecule has 1 aromatic heterocycles. The molecule has 0 spiro atoms. The van der Waals surface area contributed by atoms with E-state index in [4.69, 9.17) is 9.47 Å². The van der Waals surface area contributed by atoms with E-state index in [-0.39, 0.29) is 37.3 Å². The lowest BCUT2D eigenvalue weighted by molar-refractivity contribution is -0.116. The Labute approximate surface area is 230 Å². The summed E-state index contributed by atoms with van der Waals surface area (Å²) in [5.41, 5.74) is 1.92. The topological polar surface area (TPSA) is 102 Å². The summed E-state index contributed by atoms with van der Waals surface area (Å²) in [6.45, 7) is 0.990. The van der Waals surface area contributed by atoms with Crippen LogP contribution >= 0.6 is 0 Å². The van der Waals surface area contributed by atoms with Crippen molar-refractivity contribution >= 4 is 17.7 Å². The van der Waals surface area contributed by atoms with E-state index >= 15 is 0 Å². The Bertz CT molecular complexity index is 1240. The van der Waals surface area contributed by atoms with Crippen LogP contribution in [0.25, 0.3) is 0 Å². The molecular formula is C29H31F3N4O4. The van der Waals surface area contributed by atoms with Crippen LogP contribution in [-0.2, 0) is 20.7 Å². The maximum absolute atomic E-state index is 14.8. The minimum Gasteiger partial charge on any atom is -0.448 e. The molecule has 212 valence electrons. The molecular weight excluding hydrogens is 525 g/mol. The smallest absolute Gasteiger partial charge is 0.406 e. The Morgan fingerprint density at radius 3 is 2.27 bits per heavy atom. The predicted octanol–water partition coefficient (Wildman–Crippen LogP) is 4.31. The highest BCUT2D eigenvalue weighted by atomic mass is 19.1. The van der Waals surface area contributed by atoms with Gasteiger partial charge < -0.3 is 25.4 Å². The number of aromatic nitrogens is 1. The summed E-state index contributed by atoms with van der Waals surface area (Å²) in [6, 6.07) is 11.4. The van der Waals surface area contributed by atoms with E-state index in [1.807, 2.05) is 0 Å². The number of hydrogen-bond donors (Lipinski definition) is 3. The zero-order chi connectivity index (χ0) is 28.5. The van der Waals surface area contributed by atoms with Crippen molar-refractivity contribution in [2.45, 2.75) is 37.3 Å². The standard InChI is InChI=1S/C29H31F3N4O4/c1-33-29(38)40-17-22-16-39-23(13-35-22)10-11-24-26(32)14-34-15-27(24)36-28(37)12-25(18-2-6-20(30)7-3-18)19-4-8-21(31)9-5-19/h2-9,14-15,22-23,25,35H,10-13,16-17H2,1H3,(H,33,38)(H,36,37)/t22-,23+/m0/s1. The number of halogens is 3. The maximum atomic E-state index is 14.8. The number of alkyl carbamates (subject to hydrolysis) is 1. The van der Waals surface area contributed by atoms with E-state index in [1.165, 1.54) is 37.5 Å². The molecule has 3 N–H and O–H groups in total. The van der Waals surface area contributed by atoms with Crippen LogP contribution in [0.5, 0.6) is 0 Å². The SMILES string of the molecule is CNC(=O)OC[C@@H]1CO[C@H](CCc2c(F)cncc2NC(=O)CC(c2ccc(F)cc2)c2ccc(F)cc2)CN1. The van der Waals surface area contributed by atoms with Crippen LogP contribution in [-0.4, -0.2) is 55.9 Å². The highest BCUT2D eigenvalue weighted by Crippen LogP contribution is 2.30. The van der Waals surface area contributed by atoms with Crippen LogP contribution in [0.3, 0.4) is 0 Å². The highest BCUT2D eigenvalue weighted by molar-refractivity contribution is 5.92. The zero-order valence-corrected chi connectivity index (χ0v) is 22.0. The number of morpholine rings is 1. The normalized spacial score (nSPS) is 16.9. The molecule has 4 rings (SSSR count). The number of nitrogens with zero attached hydrogens (tertiary/aromatic N) is 1. The first-order valence-electron chi connectivity index (χ1n) is 12.9. The Kier molecular flexibility index (Phi) is 10.1. The monoisotopic (exact) mass is 556 g/mol. The molecule has 40 heavy (non-hydrogen) atoms. The van der Waals surface area contributed by atoms with E-state index in [9.17, 15) is 22.8 Å². The minimum atomic E-state index is -0.549. The first-order valence-corrected chi connectivity index (χ1v) is 12.9. The summed E-state index contributed by atoms with van der Waals surface area (Å²) < 4.78 is 52.8. The van der Waals surface area contributed by atoms with Crippen LogP contribution in [0.2, 0.25) is 0 Å². The molecule has 0 unspecified atom stereocenters. The maximum Gasteiger partial charge on any atom is 0.406 e. The number of anilines is 1. The van der Waals surface area contributed by atoms with Crippen molar-refractivity contribution in [1.29, 1.82) is 0 Å². The molecule has 1 saturated heterocycles. The van der Waals surface area contributed by atoms with E-state index in [1.54, 1.807) is 24.3 Å². The predicted molar refractivity (Wildman–Crippen MR) is 142 cm³/mol. The number of rotatable bonds is 10. The third-order valence-electron chi connectivity index (χ3n) is 6.72. The average Bonchev–Trinajstić information content (AvgIpc) is 2.96. The Morgan fingerprint density at radius 1 is 1.05 bits per heavy atom. The van der Waals surface area contributed by atoms with Gasteiger partial charge in [-0.05, 0) is 48.2 Å². The molecule has 11 heteroatoms. The van der Waals surface area contributed by atoms with Gasteiger partial charge in [0.1, 0.15) is 24.1 Å². The van der Waals surface area contributed by atoms with Gasteiger partial charge in [0.15, 0.2) is 0 Å². The molecule has 0 aliphatic carbocycles. The second-order valence-corrected chi connectivity index (χ2v) is 9.50. The largest absolute Gasteiger partial charge is 0.448 e. The van der Waals surface area contributed by atoms with Gasteiger partial charge in [-0.1, -0.05) is 24.3 Å². The van der Waals surface area contributed by atoms with Crippen molar-refractivity contribution in [3.63, 3.8) is 0 Å². The van der Waals surface area contributed by atoms with Gasteiger partial charge in [0.2, 0.25) is 5.91 Å². The van der Waals surface area contributed by atoms with Gasteiger partial charge in [-0.3, -0.25) is 9.78 Å². The molecule has 8 nitrogen and oxygen atoms in total. The number of carbonyl (C=O) groups excluding carboxylic acids is 2. The van der Waals surface area contributed by atoms with E-state index in [2.05, 4.69) is 20.9 Å². The lowest BCUT2D eigenvalue weighted by atomic mass is 9.88. The van der Waals surface area contributed by atoms with Gasteiger partial charge in [0, 0.05) is 31.5 Å². The number of benzene rings is 2. The van der Waals surface area contributed by atoms with E-state index < -0.39 is 35.4 Å². The molecule has 1 aliphatic heterocycles. The van der Waals surface area contributed by atoms with Crippen LogP contribution in [0, 0.1) is 17.5 Å². The number of nitrogens with one attached hydrogen (secondary N) is 3. The number of ether oxygens (including phenoxy) is 2. The molecule has 2 heterocycles. The first kappa shape index (κ1) is 29.0. The van der Waals surface area contributed by atoms with Gasteiger partial charge >= 0.3 is 6.09 Å². The molecule has 1 aliphatic rings. The molecule has 0 saturated carbocycles. The minimum absolute atomic E-state index is 0.0393. The summed E-state index contributed by atoms with van der Waals surface area (Å²) >= 11 is 0. The van der Waals surface area contributed by atoms with Crippen molar-refractivity contribution in [3.8, 4) is 0 Å². The van der Waals surface area contributed by atoms with Crippen LogP contribution in [0.1, 0.15) is 35.4 Å². The third kappa shape index (κ3) is 8.03. The molecule has 0 bridgehead atoms. The molecule has 0 radical (unpaired) electrons. The van der Waals surface area contributed by atoms with Crippen LogP contribution in [0.4, 0.5) is 23.7 Å². The van der Waals surface area contributed by atoms with Gasteiger partial charge in [-0.25, -0.2) is 18.0 Å². The summed E-state index contributed by atoms with van der Waals surface area (Å²) in [5, 5.41) is 8.40. The van der Waals surface area contributed by atoms with Crippen LogP contribution < -0.4 is 16.0 Å². The number of hydrogen-bond acceptors (Lipinski definition) is 6. The fraction of sp³-hybridized carbons (Fsp3) is 0.345. The quantitative estimate of drug-likeness (QED) is 0.344. The first-order chi connectivity index (χ1) is 19.3. The zero-order valence-electron chi connectivity index (χ0n) is 22.0. The molecule has 2 amide bonds. The van der Waals surface area contributed by atoms with Crippen molar-refractivity contribution in [1.82, 2.24) is 15.6 Å². The summed E-state index contributed by atoms with van der Waals surface area (Å²) in [4.78, 5) is 28.3. The summed E-state index contributed by atoms with van der Waals surface area (Å²) in [7, 11) is 1.48. The van der Waals surface area contributed by atoms with Crippen molar-refractivity contribution in [2.75, 3.05) is 32.1 Å². The molecule has 2 aromatic carbocycles. The molecule has 1 fully saturated rings. The Morgan fingerprint density at radius 2 is 1.70 bits per heavy atom. The third-order valence-corrected chi connectivity index (χ3v) is 6.72. The van der Waals surface area contributed by atoms with Gasteiger partial charge in [0.25, 0.3) is 0 Å². The summed E-state index contributed by atoms with van der Waals surface area (Å²) in [5.74, 6) is -2.25. The Balaban J connectivity index is 1.39. The number of carbonyl (C=O) groups is 2. The second kappa shape index (κ2) is 13.9. The lowest BCUT2D eigenvalue weighted by Gasteiger charge is -2.30.